The van der Waals surface area contributed by atoms with E-state index in [0.717, 1.165) is 4.47 Å². The maximum absolute atomic E-state index is 12.3. The molecular formula is C15H15BrN2O3. The molecule has 0 heterocycles. The number of hydrogen-bond acceptors (Lipinski definition) is 4. The van der Waals surface area contributed by atoms with Crippen molar-refractivity contribution in [3.8, 4) is 11.5 Å². The summed E-state index contributed by atoms with van der Waals surface area (Å²) < 4.78 is 11.1. The predicted octanol–water partition coefficient (Wildman–Crippen LogP) is 3.30. The van der Waals surface area contributed by atoms with Gasteiger partial charge in [0, 0.05) is 16.2 Å². The minimum atomic E-state index is -0.313. The van der Waals surface area contributed by atoms with Crippen LogP contribution in [0, 0.1) is 0 Å². The molecule has 0 radical (unpaired) electrons. The first-order valence-electron chi connectivity index (χ1n) is 6.13. The van der Waals surface area contributed by atoms with Crippen LogP contribution in [0.5, 0.6) is 11.5 Å². The van der Waals surface area contributed by atoms with Gasteiger partial charge >= 0.3 is 0 Å². The zero-order chi connectivity index (χ0) is 15.4. The van der Waals surface area contributed by atoms with Crippen molar-refractivity contribution in [2.24, 2.45) is 0 Å². The van der Waals surface area contributed by atoms with E-state index in [-0.39, 0.29) is 5.91 Å². The first-order chi connectivity index (χ1) is 10.0. The number of carbonyl (C=O) groups excluding carboxylic acids is 1. The van der Waals surface area contributed by atoms with Gasteiger partial charge in [0.05, 0.1) is 25.5 Å². The Balaban J connectivity index is 2.28. The van der Waals surface area contributed by atoms with Crippen LogP contribution in [0.1, 0.15) is 10.4 Å². The summed E-state index contributed by atoms with van der Waals surface area (Å²) in [5.41, 5.74) is 7.15. The van der Waals surface area contributed by atoms with Gasteiger partial charge in [0.15, 0.2) is 0 Å². The lowest BCUT2D eigenvalue weighted by atomic mass is 10.1. The summed E-state index contributed by atoms with van der Waals surface area (Å²) in [4.78, 5) is 12.3. The standard InChI is InChI=1S/C15H15BrN2O3/c1-20-10-4-5-11(12(17)8-10)15(19)18-13-7-9(16)3-6-14(13)21-2/h3-8H,17H2,1-2H3,(H,18,19). The fraction of sp³-hybridized carbons (Fsp3) is 0.133. The summed E-state index contributed by atoms with van der Waals surface area (Å²) in [5, 5.41) is 2.78. The molecular weight excluding hydrogens is 336 g/mol. The zero-order valence-electron chi connectivity index (χ0n) is 11.6. The second-order valence-corrected chi connectivity index (χ2v) is 5.17. The fourth-order valence-electron chi connectivity index (χ4n) is 1.84. The highest BCUT2D eigenvalue weighted by Gasteiger charge is 2.13. The molecule has 0 aliphatic heterocycles. The minimum Gasteiger partial charge on any atom is -0.497 e. The normalized spacial score (nSPS) is 10.0. The molecule has 5 nitrogen and oxygen atoms in total. The first-order valence-corrected chi connectivity index (χ1v) is 6.93. The molecule has 0 aromatic heterocycles. The van der Waals surface area contributed by atoms with E-state index in [1.54, 1.807) is 44.6 Å². The quantitative estimate of drug-likeness (QED) is 0.829. The molecule has 2 aromatic rings. The third kappa shape index (κ3) is 3.46. The summed E-state index contributed by atoms with van der Waals surface area (Å²) in [6.45, 7) is 0. The number of amides is 1. The molecule has 0 unspecified atom stereocenters. The summed E-state index contributed by atoms with van der Waals surface area (Å²) in [6, 6.07) is 10.3. The van der Waals surface area contributed by atoms with E-state index in [2.05, 4.69) is 21.2 Å². The van der Waals surface area contributed by atoms with Crippen molar-refractivity contribution in [3.05, 3.63) is 46.4 Å². The van der Waals surface area contributed by atoms with Gasteiger partial charge in [-0.3, -0.25) is 4.79 Å². The van der Waals surface area contributed by atoms with Gasteiger partial charge in [0.1, 0.15) is 11.5 Å². The number of hydrogen-bond donors (Lipinski definition) is 2. The highest BCUT2D eigenvalue weighted by atomic mass is 79.9. The van der Waals surface area contributed by atoms with Gasteiger partial charge in [-0.2, -0.15) is 0 Å². The first kappa shape index (κ1) is 15.2. The second kappa shape index (κ2) is 6.49. The number of nitrogens with two attached hydrogens (primary N) is 1. The number of anilines is 2. The Labute approximate surface area is 131 Å². The molecule has 0 fully saturated rings. The van der Waals surface area contributed by atoms with Crippen molar-refractivity contribution in [2.75, 3.05) is 25.3 Å². The van der Waals surface area contributed by atoms with Crippen molar-refractivity contribution in [3.63, 3.8) is 0 Å². The predicted molar refractivity (Wildman–Crippen MR) is 86.1 cm³/mol. The van der Waals surface area contributed by atoms with Crippen molar-refractivity contribution < 1.29 is 14.3 Å². The lowest BCUT2D eigenvalue weighted by molar-refractivity contribution is 0.102. The largest absolute Gasteiger partial charge is 0.497 e. The molecule has 1 amide bonds. The van der Waals surface area contributed by atoms with Gasteiger partial charge in [0.2, 0.25) is 0 Å². The van der Waals surface area contributed by atoms with Crippen LogP contribution >= 0.6 is 15.9 Å². The third-order valence-corrected chi connectivity index (χ3v) is 3.41. The van der Waals surface area contributed by atoms with Gasteiger partial charge in [-0.1, -0.05) is 15.9 Å². The highest BCUT2D eigenvalue weighted by Crippen LogP contribution is 2.29. The van der Waals surface area contributed by atoms with Crippen LogP contribution in [0.2, 0.25) is 0 Å². The summed E-state index contributed by atoms with van der Waals surface area (Å²) in [6.07, 6.45) is 0. The Morgan fingerprint density at radius 2 is 1.90 bits per heavy atom. The van der Waals surface area contributed by atoms with Crippen LogP contribution in [0.4, 0.5) is 11.4 Å². The monoisotopic (exact) mass is 350 g/mol. The van der Waals surface area contributed by atoms with Crippen LogP contribution < -0.4 is 20.5 Å². The van der Waals surface area contributed by atoms with Crippen LogP contribution in [-0.2, 0) is 0 Å². The number of ether oxygens (including phenoxy) is 2. The smallest absolute Gasteiger partial charge is 0.257 e. The number of benzene rings is 2. The lowest BCUT2D eigenvalue weighted by Gasteiger charge is -2.12. The second-order valence-electron chi connectivity index (χ2n) is 4.25. The zero-order valence-corrected chi connectivity index (χ0v) is 13.2. The minimum absolute atomic E-state index is 0.313. The summed E-state index contributed by atoms with van der Waals surface area (Å²) in [5.74, 6) is 0.856. The average Bonchev–Trinajstić information content (AvgIpc) is 2.47. The SMILES string of the molecule is COc1ccc(C(=O)Nc2cc(Br)ccc2OC)c(N)c1. The van der Waals surface area contributed by atoms with E-state index in [4.69, 9.17) is 15.2 Å². The maximum atomic E-state index is 12.3. The van der Waals surface area contributed by atoms with Crippen molar-refractivity contribution in [2.45, 2.75) is 0 Å². The Kier molecular flexibility index (Phi) is 4.70. The molecule has 6 heteroatoms. The van der Waals surface area contributed by atoms with E-state index in [0.29, 0.717) is 28.4 Å². The number of methoxy groups -OCH3 is 2. The summed E-state index contributed by atoms with van der Waals surface area (Å²) >= 11 is 3.36. The molecule has 0 saturated carbocycles. The van der Waals surface area contributed by atoms with Gasteiger partial charge < -0.3 is 20.5 Å². The van der Waals surface area contributed by atoms with E-state index >= 15 is 0 Å². The van der Waals surface area contributed by atoms with E-state index in [1.807, 2.05) is 6.07 Å². The number of carbonyl (C=O) groups is 1. The topological polar surface area (TPSA) is 73.6 Å². The van der Waals surface area contributed by atoms with E-state index < -0.39 is 0 Å². The third-order valence-electron chi connectivity index (χ3n) is 2.91. The van der Waals surface area contributed by atoms with Crippen molar-refractivity contribution in [1.29, 1.82) is 0 Å². The number of rotatable bonds is 4. The number of nitrogen functional groups attached to an aromatic ring is 1. The van der Waals surface area contributed by atoms with Crippen LogP contribution in [0.15, 0.2) is 40.9 Å². The Hall–Kier alpha value is -2.21. The Bertz CT molecular complexity index is 674. The Morgan fingerprint density at radius 1 is 1.14 bits per heavy atom. The van der Waals surface area contributed by atoms with Gasteiger partial charge in [0.25, 0.3) is 5.91 Å². The van der Waals surface area contributed by atoms with Crippen LogP contribution in [0.25, 0.3) is 0 Å². The maximum Gasteiger partial charge on any atom is 0.257 e. The average molecular weight is 351 g/mol. The number of nitrogens with one attached hydrogen (secondary N) is 1. The molecule has 0 spiro atoms. The molecule has 21 heavy (non-hydrogen) atoms. The molecule has 0 saturated heterocycles. The molecule has 2 rings (SSSR count). The molecule has 110 valence electrons. The molecule has 0 aliphatic carbocycles. The Morgan fingerprint density at radius 3 is 2.52 bits per heavy atom. The van der Waals surface area contributed by atoms with Crippen LogP contribution in [-0.4, -0.2) is 20.1 Å². The number of halogens is 1. The molecule has 0 aliphatic rings. The van der Waals surface area contributed by atoms with Crippen molar-refractivity contribution >= 4 is 33.2 Å². The van der Waals surface area contributed by atoms with E-state index in [1.165, 1.54) is 0 Å². The molecule has 0 atom stereocenters. The van der Waals surface area contributed by atoms with Gasteiger partial charge in [-0.05, 0) is 30.3 Å². The summed E-state index contributed by atoms with van der Waals surface area (Å²) in [7, 11) is 3.08. The lowest BCUT2D eigenvalue weighted by Crippen LogP contribution is -2.14. The van der Waals surface area contributed by atoms with Crippen molar-refractivity contribution in [1.82, 2.24) is 0 Å². The molecule has 0 bridgehead atoms. The van der Waals surface area contributed by atoms with Gasteiger partial charge in [-0.15, -0.1) is 0 Å². The van der Waals surface area contributed by atoms with Gasteiger partial charge in [-0.25, -0.2) is 0 Å². The van der Waals surface area contributed by atoms with Crippen LogP contribution in [0.3, 0.4) is 0 Å². The van der Waals surface area contributed by atoms with E-state index in [9.17, 15) is 4.79 Å². The highest BCUT2D eigenvalue weighted by molar-refractivity contribution is 9.10. The fourth-order valence-corrected chi connectivity index (χ4v) is 2.20. The molecule has 3 N–H and O–H groups in total. The molecule has 2 aromatic carbocycles.